The molecule has 0 aromatic heterocycles. The van der Waals surface area contributed by atoms with Gasteiger partial charge in [-0.25, -0.2) is 13.2 Å². The van der Waals surface area contributed by atoms with Crippen LogP contribution >= 0.6 is 10.7 Å². The number of benzene rings is 1. The minimum Gasteiger partial charge on any atom is -0.445 e. The molecule has 5 nitrogen and oxygen atoms in total. The van der Waals surface area contributed by atoms with Crippen LogP contribution in [0.1, 0.15) is 18.4 Å². The number of ether oxygens (including phenoxy) is 1. The molecule has 1 aromatic rings. The van der Waals surface area contributed by atoms with Crippen molar-refractivity contribution >= 4 is 25.8 Å². The summed E-state index contributed by atoms with van der Waals surface area (Å²) in [7, 11) is 1.71. The Bertz CT molecular complexity index is 561. The van der Waals surface area contributed by atoms with E-state index in [1.165, 1.54) is 4.90 Å². The topological polar surface area (TPSA) is 63.7 Å². The fraction of sp³-hybridized carbons (Fsp3) is 0.462. The van der Waals surface area contributed by atoms with Gasteiger partial charge in [-0.05, 0) is 18.4 Å². The Balaban J connectivity index is 1.89. The van der Waals surface area contributed by atoms with Crippen molar-refractivity contribution in [1.82, 2.24) is 4.90 Å². The standard InChI is InChI=1S/C13H16ClNO4S/c14-20(17,18)12-7-4-8-15(9-12)13(16)19-10-11-5-2-1-3-6-11/h1-3,5-6,12H,4,7-10H2/t12-/m1/s1. The molecule has 0 aliphatic carbocycles. The molecule has 1 aliphatic heterocycles. The van der Waals surface area contributed by atoms with Gasteiger partial charge in [0.15, 0.2) is 0 Å². The Kier molecular flexibility index (Phi) is 4.88. The lowest BCUT2D eigenvalue weighted by Crippen LogP contribution is -2.44. The lowest BCUT2D eigenvalue weighted by atomic mass is 10.1. The fourth-order valence-electron chi connectivity index (χ4n) is 2.14. The molecule has 1 heterocycles. The molecule has 0 N–H and O–H groups in total. The van der Waals surface area contributed by atoms with Crippen molar-refractivity contribution in [2.75, 3.05) is 13.1 Å². The van der Waals surface area contributed by atoms with E-state index in [-0.39, 0.29) is 13.2 Å². The predicted octanol–water partition coefficient (Wildman–Crippen LogP) is 2.36. The van der Waals surface area contributed by atoms with Crippen LogP contribution in [0.15, 0.2) is 30.3 Å². The van der Waals surface area contributed by atoms with Crippen LogP contribution in [0.4, 0.5) is 4.79 Å². The van der Waals surface area contributed by atoms with E-state index in [1.807, 2.05) is 30.3 Å². The number of amides is 1. The molecule has 0 saturated carbocycles. The summed E-state index contributed by atoms with van der Waals surface area (Å²) in [6.45, 7) is 0.768. The lowest BCUT2D eigenvalue weighted by Gasteiger charge is -2.30. The van der Waals surface area contributed by atoms with Gasteiger partial charge in [-0.3, -0.25) is 0 Å². The van der Waals surface area contributed by atoms with E-state index in [1.54, 1.807) is 0 Å². The summed E-state index contributed by atoms with van der Waals surface area (Å²) >= 11 is 0. The summed E-state index contributed by atoms with van der Waals surface area (Å²) in [5, 5.41) is -0.706. The average Bonchev–Trinajstić information content (AvgIpc) is 2.45. The summed E-state index contributed by atoms with van der Waals surface area (Å²) in [6, 6.07) is 9.32. The Hall–Kier alpha value is -1.27. The van der Waals surface area contributed by atoms with Gasteiger partial charge in [-0.2, -0.15) is 0 Å². The SMILES string of the molecule is O=C(OCc1ccccc1)N1CCC[C@@H](S(=O)(=O)Cl)C1. The van der Waals surface area contributed by atoms with Crippen molar-refractivity contribution in [2.24, 2.45) is 0 Å². The van der Waals surface area contributed by atoms with Crippen LogP contribution in [-0.2, 0) is 20.4 Å². The first-order valence-corrected chi connectivity index (χ1v) is 8.73. The molecule has 0 spiro atoms. The summed E-state index contributed by atoms with van der Waals surface area (Å²) in [5.41, 5.74) is 0.888. The fourth-order valence-corrected chi connectivity index (χ4v) is 3.39. The maximum absolute atomic E-state index is 11.9. The van der Waals surface area contributed by atoms with Crippen molar-refractivity contribution in [3.63, 3.8) is 0 Å². The number of halogens is 1. The smallest absolute Gasteiger partial charge is 0.410 e. The van der Waals surface area contributed by atoms with Crippen LogP contribution in [0.2, 0.25) is 0 Å². The molecule has 7 heteroatoms. The zero-order valence-electron chi connectivity index (χ0n) is 10.9. The number of carbonyl (C=O) groups is 1. The molecule has 1 fully saturated rings. The molecule has 110 valence electrons. The maximum Gasteiger partial charge on any atom is 0.410 e. The van der Waals surface area contributed by atoms with Crippen LogP contribution in [0.5, 0.6) is 0 Å². The molecule has 0 unspecified atom stereocenters. The van der Waals surface area contributed by atoms with Gasteiger partial charge in [0.25, 0.3) is 0 Å². The molecular weight excluding hydrogens is 302 g/mol. The molecule has 0 radical (unpaired) electrons. The number of rotatable bonds is 3. The Morgan fingerprint density at radius 1 is 1.35 bits per heavy atom. The van der Waals surface area contributed by atoms with Crippen molar-refractivity contribution < 1.29 is 17.9 Å². The first-order valence-electron chi connectivity index (χ1n) is 6.36. The first-order chi connectivity index (χ1) is 9.47. The van der Waals surface area contributed by atoms with Gasteiger partial charge in [-0.1, -0.05) is 30.3 Å². The monoisotopic (exact) mass is 317 g/mol. The summed E-state index contributed by atoms with van der Waals surface area (Å²) < 4.78 is 27.8. The summed E-state index contributed by atoms with van der Waals surface area (Å²) in [6.07, 6.45) is 0.588. The number of likely N-dealkylation sites (tertiary alicyclic amines) is 1. The highest BCUT2D eigenvalue weighted by Gasteiger charge is 2.32. The third kappa shape index (κ3) is 4.11. The summed E-state index contributed by atoms with van der Waals surface area (Å²) in [4.78, 5) is 13.3. The Morgan fingerprint density at radius 2 is 2.05 bits per heavy atom. The van der Waals surface area contributed by atoms with Crippen molar-refractivity contribution in [1.29, 1.82) is 0 Å². The number of piperidine rings is 1. The Labute approximate surface area is 122 Å². The zero-order chi connectivity index (χ0) is 14.6. The molecule has 0 bridgehead atoms. The number of hydrogen-bond donors (Lipinski definition) is 0. The van der Waals surface area contributed by atoms with Gasteiger partial charge < -0.3 is 9.64 Å². The van der Waals surface area contributed by atoms with Gasteiger partial charge in [0, 0.05) is 23.8 Å². The molecule has 20 heavy (non-hydrogen) atoms. The van der Waals surface area contributed by atoms with Crippen LogP contribution in [-0.4, -0.2) is 37.8 Å². The second-order valence-corrected chi connectivity index (χ2v) is 7.63. The van der Waals surface area contributed by atoms with E-state index in [0.717, 1.165) is 5.56 Å². The second-order valence-electron chi connectivity index (χ2n) is 4.73. The van der Waals surface area contributed by atoms with Crippen molar-refractivity contribution in [3.05, 3.63) is 35.9 Å². The Morgan fingerprint density at radius 3 is 2.70 bits per heavy atom. The largest absolute Gasteiger partial charge is 0.445 e. The van der Waals surface area contributed by atoms with Gasteiger partial charge in [0.05, 0.1) is 5.25 Å². The van der Waals surface area contributed by atoms with Crippen LogP contribution < -0.4 is 0 Å². The van der Waals surface area contributed by atoms with Gasteiger partial charge in [0.2, 0.25) is 9.05 Å². The molecule has 1 amide bonds. The van der Waals surface area contributed by atoms with E-state index in [0.29, 0.717) is 19.4 Å². The highest BCUT2D eigenvalue weighted by molar-refractivity contribution is 8.14. The molecule has 1 aromatic carbocycles. The maximum atomic E-state index is 11.9. The van der Waals surface area contributed by atoms with E-state index in [4.69, 9.17) is 15.4 Å². The van der Waals surface area contributed by atoms with Crippen LogP contribution in [0.25, 0.3) is 0 Å². The summed E-state index contributed by atoms with van der Waals surface area (Å²) in [5.74, 6) is 0. The van der Waals surface area contributed by atoms with E-state index >= 15 is 0 Å². The van der Waals surface area contributed by atoms with Crippen molar-refractivity contribution in [3.8, 4) is 0 Å². The highest BCUT2D eigenvalue weighted by atomic mass is 35.7. The van der Waals surface area contributed by atoms with Gasteiger partial charge in [0.1, 0.15) is 6.61 Å². The van der Waals surface area contributed by atoms with Gasteiger partial charge in [-0.15, -0.1) is 0 Å². The average molecular weight is 318 g/mol. The van der Waals surface area contributed by atoms with E-state index < -0.39 is 20.4 Å². The molecule has 1 atom stereocenters. The lowest BCUT2D eigenvalue weighted by molar-refractivity contribution is 0.0900. The highest BCUT2D eigenvalue weighted by Crippen LogP contribution is 2.20. The van der Waals surface area contributed by atoms with E-state index in [2.05, 4.69) is 0 Å². The molecule has 1 aliphatic rings. The first kappa shape index (κ1) is 15.1. The third-order valence-electron chi connectivity index (χ3n) is 3.24. The molecule has 1 saturated heterocycles. The quantitative estimate of drug-likeness (QED) is 0.803. The second kappa shape index (κ2) is 6.45. The zero-order valence-corrected chi connectivity index (χ0v) is 12.4. The number of carbonyl (C=O) groups excluding carboxylic acids is 1. The van der Waals surface area contributed by atoms with E-state index in [9.17, 15) is 13.2 Å². The third-order valence-corrected chi connectivity index (χ3v) is 5.18. The van der Waals surface area contributed by atoms with Crippen LogP contribution in [0, 0.1) is 0 Å². The van der Waals surface area contributed by atoms with Gasteiger partial charge >= 0.3 is 6.09 Å². The minimum absolute atomic E-state index is 0.0967. The van der Waals surface area contributed by atoms with Crippen molar-refractivity contribution in [2.45, 2.75) is 24.7 Å². The molecular formula is C13H16ClNO4S. The number of hydrogen-bond acceptors (Lipinski definition) is 4. The predicted molar refractivity (Wildman–Crippen MR) is 76.0 cm³/mol. The molecule has 2 rings (SSSR count). The minimum atomic E-state index is -3.64. The van der Waals surface area contributed by atoms with Crippen LogP contribution in [0.3, 0.4) is 0 Å². The number of nitrogens with zero attached hydrogens (tertiary/aromatic N) is 1. The normalized spacial score (nSPS) is 19.6.